The van der Waals surface area contributed by atoms with Gasteiger partial charge in [-0.2, -0.15) is 8.42 Å². The molecule has 0 saturated carbocycles. The van der Waals surface area contributed by atoms with Gasteiger partial charge in [0, 0.05) is 46.7 Å². The van der Waals surface area contributed by atoms with Gasteiger partial charge < -0.3 is 18.6 Å². The van der Waals surface area contributed by atoms with E-state index in [9.17, 15) is 17.1 Å². The molecule has 0 aliphatic carbocycles. The molecular formula is C29H25FN4O4S. The van der Waals surface area contributed by atoms with E-state index in [0.29, 0.717) is 16.3 Å². The maximum Gasteiger partial charge on any atom is 0.488 e. The molecule has 3 aromatic heterocycles. The Morgan fingerprint density at radius 3 is 2.59 bits per heavy atom. The second kappa shape index (κ2) is 8.93. The van der Waals surface area contributed by atoms with Crippen molar-refractivity contribution in [1.82, 2.24) is 19.4 Å². The van der Waals surface area contributed by atoms with Gasteiger partial charge in [0.2, 0.25) is 0 Å². The van der Waals surface area contributed by atoms with Crippen LogP contribution in [0, 0.1) is 12.3 Å². The van der Waals surface area contributed by atoms with Crippen LogP contribution in [0.4, 0.5) is 3.89 Å². The number of halogens is 1. The van der Waals surface area contributed by atoms with E-state index < -0.39 is 10.5 Å². The topological polar surface area (TPSA) is 97.3 Å². The minimum atomic E-state index is -5.21. The summed E-state index contributed by atoms with van der Waals surface area (Å²) in [7, 11) is -3.17. The number of aromatic amines is 1. The molecule has 1 aliphatic rings. The van der Waals surface area contributed by atoms with Gasteiger partial charge >= 0.3 is 10.5 Å². The lowest BCUT2D eigenvalue weighted by Crippen LogP contribution is -2.45. The average Bonchev–Trinajstić information content (AvgIpc) is 3.24. The molecule has 39 heavy (non-hydrogen) atoms. The van der Waals surface area contributed by atoms with Gasteiger partial charge in [0.1, 0.15) is 5.65 Å². The van der Waals surface area contributed by atoms with E-state index >= 15 is 0 Å². The number of nitrogens with one attached hydrogen (secondary N) is 1. The third kappa shape index (κ3) is 4.24. The number of nitrogens with zero attached hydrogens (tertiary/aromatic N) is 3. The predicted octanol–water partition coefficient (Wildman–Crippen LogP) is 4.88. The van der Waals surface area contributed by atoms with Crippen molar-refractivity contribution in [3.05, 3.63) is 70.1 Å². The van der Waals surface area contributed by atoms with Crippen LogP contribution in [-0.2, 0) is 10.5 Å². The molecule has 4 heterocycles. The standard InChI is InChI=1S/C29H25FN4O4S/c1-5-17-6-7-21-25(8-17)32-29-27(21)28(35)24-10-22(16(2)3)23(11-26(24)34(29)19-14-33(4)15-19)18-9-20(13-31-12-18)38-39(30,36)37/h1,6-13,16,19,32H,14-15H2,2-4H3. The Morgan fingerprint density at radius 2 is 1.92 bits per heavy atom. The Bertz CT molecular complexity index is 2020. The zero-order chi connectivity index (χ0) is 27.6. The van der Waals surface area contributed by atoms with Crippen molar-refractivity contribution in [3.63, 3.8) is 0 Å². The fraction of sp³-hybridized carbons (Fsp3) is 0.241. The maximum absolute atomic E-state index is 14.1. The predicted molar refractivity (Wildman–Crippen MR) is 150 cm³/mol. The number of benzene rings is 2. The molecule has 0 spiro atoms. The normalized spacial score (nSPS) is 14.8. The summed E-state index contributed by atoms with van der Waals surface area (Å²) in [5, 5.41) is 2.01. The van der Waals surface area contributed by atoms with Gasteiger partial charge in [0.05, 0.1) is 23.1 Å². The fourth-order valence-corrected chi connectivity index (χ4v) is 5.91. The minimum Gasteiger partial charge on any atom is -0.357 e. The van der Waals surface area contributed by atoms with E-state index in [0.717, 1.165) is 58.0 Å². The van der Waals surface area contributed by atoms with Crippen molar-refractivity contribution in [3.8, 4) is 29.2 Å². The first-order valence-electron chi connectivity index (χ1n) is 12.5. The molecule has 0 atom stereocenters. The summed E-state index contributed by atoms with van der Waals surface area (Å²) < 4.78 is 42.0. The summed E-state index contributed by atoms with van der Waals surface area (Å²) >= 11 is 0. The number of H-pyrrole nitrogens is 1. The van der Waals surface area contributed by atoms with E-state index in [2.05, 4.69) is 29.5 Å². The molecule has 0 bridgehead atoms. The van der Waals surface area contributed by atoms with E-state index in [-0.39, 0.29) is 23.1 Å². The van der Waals surface area contributed by atoms with Crippen LogP contribution in [-0.4, -0.2) is 48.0 Å². The first-order valence-corrected chi connectivity index (χ1v) is 13.8. The van der Waals surface area contributed by atoms with Gasteiger partial charge in [-0.1, -0.05) is 29.7 Å². The fourth-order valence-electron chi connectivity index (χ4n) is 5.59. The lowest BCUT2D eigenvalue weighted by molar-refractivity contribution is 0.146. The number of terminal acetylenes is 1. The Morgan fingerprint density at radius 1 is 1.15 bits per heavy atom. The number of aromatic nitrogens is 3. The smallest absolute Gasteiger partial charge is 0.357 e. The minimum absolute atomic E-state index is 0.0124. The highest BCUT2D eigenvalue weighted by Gasteiger charge is 2.30. The molecule has 198 valence electrons. The number of likely N-dealkylation sites (tertiary alicyclic amines) is 1. The molecule has 0 amide bonds. The molecule has 1 saturated heterocycles. The molecule has 0 radical (unpaired) electrons. The van der Waals surface area contributed by atoms with Gasteiger partial charge in [-0.05, 0) is 54.4 Å². The quantitative estimate of drug-likeness (QED) is 0.250. The van der Waals surface area contributed by atoms with Crippen LogP contribution in [0.5, 0.6) is 5.75 Å². The number of hydrogen-bond acceptors (Lipinski definition) is 6. The molecule has 6 rings (SSSR count). The number of pyridine rings is 2. The van der Waals surface area contributed by atoms with E-state index in [1.165, 1.54) is 6.07 Å². The average molecular weight is 545 g/mol. The first kappa shape index (κ1) is 25.1. The molecule has 2 aromatic carbocycles. The lowest BCUT2D eigenvalue weighted by atomic mass is 9.90. The second-order valence-electron chi connectivity index (χ2n) is 10.3. The second-order valence-corrected chi connectivity index (χ2v) is 11.3. The van der Waals surface area contributed by atoms with Crippen LogP contribution in [0.1, 0.15) is 36.9 Å². The van der Waals surface area contributed by atoms with Crippen LogP contribution in [0.2, 0.25) is 0 Å². The molecule has 8 nitrogen and oxygen atoms in total. The summed E-state index contributed by atoms with van der Waals surface area (Å²) in [6, 6.07) is 11.0. The number of rotatable bonds is 5. The van der Waals surface area contributed by atoms with E-state index in [1.807, 2.05) is 51.2 Å². The van der Waals surface area contributed by atoms with Crippen molar-refractivity contribution in [2.45, 2.75) is 25.8 Å². The van der Waals surface area contributed by atoms with Crippen LogP contribution >= 0.6 is 0 Å². The summed E-state index contributed by atoms with van der Waals surface area (Å²) in [6.07, 6.45) is 8.32. The molecule has 1 fully saturated rings. The van der Waals surface area contributed by atoms with Crippen molar-refractivity contribution in [2.24, 2.45) is 0 Å². The van der Waals surface area contributed by atoms with Gasteiger partial charge in [-0.3, -0.25) is 9.78 Å². The number of fused-ring (bicyclic) bond motifs is 4. The highest BCUT2D eigenvalue weighted by molar-refractivity contribution is 7.81. The summed E-state index contributed by atoms with van der Waals surface area (Å²) in [5.41, 5.74) is 5.04. The highest BCUT2D eigenvalue weighted by atomic mass is 32.3. The van der Waals surface area contributed by atoms with Crippen molar-refractivity contribution in [2.75, 3.05) is 20.1 Å². The largest absolute Gasteiger partial charge is 0.488 e. The summed E-state index contributed by atoms with van der Waals surface area (Å²) in [5.74, 6) is 2.43. The van der Waals surface area contributed by atoms with E-state index in [4.69, 9.17) is 6.42 Å². The number of likely N-dealkylation sites (N-methyl/N-ethyl adjacent to an activating group) is 1. The zero-order valence-corrected chi connectivity index (χ0v) is 22.3. The van der Waals surface area contributed by atoms with E-state index in [1.54, 1.807) is 6.20 Å². The van der Waals surface area contributed by atoms with Crippen molar-refractivity contribution in [1.29, 1.82) is 0 Å². The van der Waals surface area contributed by atoms with Crippen LogP contribution in [0.15, 0.2) is 53.6 Å². The molecule has 5 aromatic rings. The molecule has 0 unspecified atom stereocenters. The summed E-state index contributed by atoms with van der Waals surface area (Å²) in [6.45, 7) is 5.63. The monoisotopic (exact) mass is 544 g/mol. The maximum atomic E-state index is 14.1. The number of hydrogen-bond donors (Lipinski definition) is 1. The van der Waals surface area contributed by atoms with Gasteiger partial charge in [-0.25, -0.2) is 0 Å². The summed E-state index contributed by atoms with van der Waals surface area (Å²) in [4.78, 5) is 23.8. The third-order valence-electron chi connectivity index (χ3n) is 7.34. The Kier molecular flexibility index (Phi) is 5.75. The Labute approximate surface area is 224 Å². The van der Waals surface area contributed by atoms with Gasteiger partial charge in [0.15, 0.2) is 11.2 Å². The Balaban J connectivity index is 1.70. The zero-order valence-electron chi connectivity index (χ0n) is 21.5. The molecular weight excluding hydrogens is 519 g/mol. The molecule has 1 N–H and O–H groups in total. The third-order valence-corrected chi connectivity index (χ3v) is 7.73. The van der Waals surface area contributed by atoms with Gasteiger partial charge in [-0.15, -0.1) is 6.42 Å². The Hall–Kier alpha value is -4.20. The van der Waals surface area contributed by atoms with Crippen molar-refractivity contribution < 1.29 is 16.5 Å². The SMILES string of the molecule is C#Cc1ccc2c(c1)[nH]c1c2c(=O)c2cc(C(C)C)c(-c3cncc(OS(=O)(=O)F)c3)cc2n1C1CN(C)C1. The van der Waals surface area contributed by atoms with Crippen LogP contribution < -0.4 is 9.61 Å². The lowest BCUT2D eigenvalue weighted by Gasteiger charge is -2.39. The molecule has 1 aliphatic heterocycles. The van der Waals surface area contributed by atoms with Crippen molar-refractivity contribution >= 4 is 43.3 Å². The first-order chi connectivity index (χ1) is 18.5. The van der Waals surface area contributed by atoms with Gasteiger partial charge in [0.25, 0.3) is 0 Å². The van der Waals surface area contributed by atoms with Crippen LogP contribution in [0.25, 0.3) is 44.0 Å². The highest BCUT2D eigenvalue weighted by Crippen LogP contribution is 2.38. The van der Waals surface area contributed by atoms with Crippen LogP contribution in [0.3, 0.4) is 0 Å². The molecule has 10 heteroatoms.